The Hall–Kier alpha value is -2.14. The minimum atomic E-state index is -0.374. The van der Waals surface area contributed by atoms with Crippen LogP contribution < -0.4 is 4.90 Å². The lowest BCUT2D eigenvalue weighted by Crippen LogP contribution is -2.25. The summed E-state index contributed by atoms with van der Waals surface area (Å²) < 4.78 is 1.78. The van der Waals surface area contributed by atoms with E-state index in [1.54, 1.807) is 11.6 Å². The minimum Gasteiger partial charge on any atom is -0.393 e. The fourth-order valence-electron chi connectivity index (χ4n) is 2.27. The van der Waals surface area contributed by atoms with Gasteiger partial charge in [0, 0.05) is 13.6 Å². The van der Waals surface area contributed by atoms with E-state index in [0.717, 1.165) is 17.8 Å². The van der Waals surface area contributed by atoms with Crippen LogP contribution in [-0.4, -0.2) is 40.9 Å². The van der Waals surface area contributed by atoms with Crippen molar-refractivity contribution in [3.63, 3.8) is 0 Å². The zero-order valence-electron chi connectivity index (χ0n) is 12.7. The van der Waals surface area contributed by atoms with Crippen molar-refractivity contribution in [2.45, 2.75) is 26.4 Å². The summed E-state index contributed by atoms with van der Waals surface area (Å²) in [5.41, 5.74) is 2.20. The van der Waals surface area contributed by atoms with E-state index in [2.05, 4.69) is 5.10 Å². The van der Waals surface area contributed by atoms with Gasteiger partial charge in [-0.3, -0.25) is 4.79 Å². The summed E-state index contributed by atoms with van der Waals surface area (Å²) in [6, 6.07) is 9.72. The number of carbonyl (C=O) groups is 1. The van der Waals surface area contributed by atoms with Crippen molar-refractivity contribution in [1.29, 1.82) is 0 Å². The predicted octanol–water partition coefficient (Wildman–Crippen LogP) is 2.20. The van der Waals surface area contributed by atoms with E-state index in [1.165, 1.54) is 0 Å². The van der Waals surface area contributed by atoms with E-state index in [0.29, 0.717) is 24.2 Å². The van der Waals surface area contributed by atoms with Crippen molar-refractivity contribution < 1.29 is 9.90 Å². The summed E-state index contributed by atoms with van der Waals surface area (Å²) in [6.07, 6.45) is 1.10. The summed E-state index contributed by atoms with van der Waals surface area (Å²) in [5.74, 6) is 0.759. The molecule has 0 aliphatic rings. The summed E-state index contributed by atoms with van der Waals surface area (Å²) in [6.45, 7) is 4.24. The Morgan fingerprint density at radius 2 is 2.05 bits per heavy atom. The zero-order chi connectivity index (χ0) is 15.4. The number of benzene rings is 1. The molecular formula is C16H21N3O2. The SMILES string of the molecule is Cc1nn(-c2ccccc2)c(N(C)CCC(C)O)c1C=O. The van der Waals surface area contributed by atoms with Crippen LogP contribution in [0.4, 0.5) is 5.82 Å². The molecule has 5 heteroatoms. The molecule has 0 bridgehead atoms. The summed E-state index contributed by atoms with van der Waals surface area (Å²) >= 11 is 0. The molecule has 5 nitrogen and oxygen atoms in total. The highest BCUT2D eigenvalue weighted by Crippen LogP contribution is 2.25. The highest BCUT2D eigenvalue weighted by Gasteiger charge is 2.19. The molecule has 0 radical (unpaired) electrons. The van der Waals surface area contributed by atoms with Crippen molar-refractivity contribution in [2.24, 2.45) is 0 Å². The first-order chi connectivity index (χ1) is 10.0. The maximum atomic E-state index is 11.4. The number of hydrogen-bond acceptors (Lipinski definition) is 4. The molecule has 0 aliphatic heterocycles. The summed E-state index contributed by atoms with van der Waals surface area (Å²) in [5, 5.41) is 13.9. The van der Waals surface area contributed by atoms with Crippen molar-refractivity contribution in [3.05, 3.63) is 41.6 Å². The Morgan fingerprint density at radius 3 is 2.62 bits per heavy atom. The maximum absolute atomic E-state index is 11.4. The van der Waals surface area contributed by atoms with Gasteiger partial charge in [0.25, 0.3) is 0 Å². The Kier molecular flexibility index (Phi) is 4.75. The number of anilines is 1. The maximum Gasteiger partial charge on any atom is 0.155 e. The molecule has 0 aliphatic carbocycles. The minimum absolute atomic E-state index is 0.374. The smallest absolute Gasteiger partial charge is 0.155 e. The number of aliphatic hydroxyl groups is 1. The van der Waals surface area contributed by atoms with Crippen molar-refractivity contribution in [2.75, 3.05) is 18.5 Å². The van der Waals surface area contributed by atoms with Crippen LogP contribution in [0.25, 0.3) is 5.69 Å². The summed E-state index contributed by atoms with van der Waals surface area (Å²) in [7, 11) is 1.91. The second-order valence-electron chi connectivity index (χ2n) is 5.25. The number of carbonyl (C=O) groups excluding carboxylic acids is 1. The van der Waals surface area contributed by atoms with Gasteiger partial charge in [0.05, 0.1) is 23.0 Å². The molecule has 2 rings (SSSR count). The van der Waals surface area contributed by atoms with Gasteiger partial charge in [-0.15, -0.1) is 0 Å². The molecule has 2 aromatic rings. The quantitative estimate of drug-likeness (QED) is 0.828. The van der Waals surface area contributed by atoms with Gasteiger partial charge in [0.15, 0.2) is 6.29 Å². The molecule has 1 unspecified atom stereocenters. The number of aldehydes is 1. The van der Waals surface area contributed by atoms with Crippen LogP contribution >= 0.6 is 0 Å². The number of aromatic nitrogens is 2. The standard InChI is InChI=1S/C16H21N3O2/c1-12(21)9-10-18(3)16-15(11-20)13(2)17-19(16)14-7-5-4-6-8-14/h4-8,11-12,21H,9-10H2,1-3H3. The lowest BCUT2D eigenvalue weighted by atomic mass is 10.2. The van der Waals surface area contributed by atoms with Gasteiger partial charge < -0.3 is 10.0 Å². The second-order valence-corrected chi connectivity index (χ2v) is 5.25. The third-order valence-electron chi connectivity index (χ3n) is 3.44. The van der Waals surface area contributed by atoms with E-state index in [4.69, 9.17) is 0 Å². The first kappa shape index (κ1) is 15.3. The third-order valence-corrected chi connectivity index (χ3v) is 3.44. The van der Waals surface area contributed by atoms with E-state index < -0.39 is 0 Å². The highest BCUT2D eigenvalue weighted by molar-refractivity contribution is 5.85. The first-order valence-corrected chi connectivity index (χ1v) is 7.04. The lowest BCUT2D eigenvalue weighted by molar-refractivity contribution is 0.112. The van der Waals surface area contributed by atoms with E-state index in [9.17, 15) is 9.90 Å². The Bertz CT molecular complexity index is 605. The molecule has 1 heterocycles. The predicted molar refractivity (Wildman–Crippen MR) is 83.3 cm³/mol. The number of hydrogen-bond donors (Lipinski definition) is 1. The second kappa shape index (κ2) is 6.54. The van der Waals surface area contributed by atoms with Gasteiger partial charge in [-0.2, -0.15) is 5.10 Å². The fraction of sp³-hybridized carbons (Fsp3) is 0.375. The Morgan fingerprint density at radius 1 is 1.38 bits per heavy atom. The van der Waals surface area contributed by atoms with Gasteiger partial charge in [-0.05, 0) is 32.4 Å². The molecule has 0 saturated carbocycles. The number of aryl methyl sites for hydroxylation is 1. The van der Waals surface area contributed by atoms with Crippen LogP contribution in [0.3, 0.4) is 0 Å². The molecule has 21 heavy (non-hydrogen) atoms. The average molecular weight is 287 g/mol. The molecule has 0 spiro atoms. The van der Waals surface area contributed by atoms with E-state index in [-0.39, 0.29) is 6.10 Å². The Balaban J connectivity index is 2.44. The lowest BCUT2D eigenvalue weighted by Gasteiger charge is -2.21. The van der Waals surface area contributed by atoms with Crippen LogP contribution in [0.2, 0.25) is 0 Å². The molecule has 1 atom stereocenters. The monoisotopic (exact) mass is 287 g/mol. The molecular weight excluding hydrogens is 266 g/mol. The molecule has 1 N–H and O–H groups in total. The molecule has 112 valence electrons. The molecule has 0 amide bonds. The van der Waals surface area contributed by atoms with Crippen LogP contribution in [-0.2, 0) is 0 Å². The fourth-order valence-corrected chi connectivity index (χ4v) is 2.27. The van der Waals surface area contributed by atoms with Gasteiger partial charge in [-0.1, -0.05) is 18.2 Å². The van der Waals surface area contributed by atoms with E-state index >= 15 is 0 Å². The topological polar surface area (TPSA) is 58.4 Å². The third kappa shape index (κ3) is 3.31. The van der Waals surface area contributed by atoms with Crippen molar-refractivity contribution >= 4 is 12.1 Å². The van der Waals surface area contributed by atoms with Gasteiger partial charge in [-0.25, -0.2) is 4.68 Å². The van der Waals surface area contributed by atoms with E-state index in [1.807, 2.05) is 49.2 Å². The molecule has 1 aromatic heterocycles. The van der Waals surface area contributed by atoms with Crippen molar-refractivity contribution in [3.8, 4) is 5.69 Å². The van der Waals surface area contributed by atoms with Gasteiger partial charge in [0.2, 0.25) is 0 Å². The summed E-state index contributed by atoms with van der Waals surface area (Å²) in [4.78, 5) is 13.4. The van der Waals surface area contributed by atoms with Crippen LogP contribution in [0.15, 0.2) is 30.3 Å². The van der Waals surface area contributed by atoms with Gasteiger partial charge in [0.1, 0.15) is 5.82 Å². The molecule has 0 saturated heterocycles. The largest absolute Gasteiger partial charge is 0.393 e. The first-order valence-electron chi connectivity index (χ1n) is 7.04. The molecule has 1 aromatic carbocycles. The normalized spacial score (nSPS) is 12.2. The number of aliphatic hydroxyl groups excluding tert-OH is 1. The van der Waals surface area contributed by atoms with Crippen LogP contribution in [0.1, 0.15) is 29.4 Å². The number of para-hydroxylation sites is 1. The number of rotatable bonds is 6. The molecule has 0 fully saturated rings. The van der Waals surface area contributed by atoms with Crippen LogP contribution in [0, 0.1) is 6.92 Å². The number of nitrogens with zero attached hydrogens (tertiary/aromatic N) is 3. The van der Waals surface area contributed by atoms with Crippen LogP contribution in [0.5, 0.6) is 0 Å². The highest BCUT2D eigenvalue weighted by atomic mass is 16.3. The zero-order valence-corrected chi connectivity index (χ0v) is 12.7. The average Bonchev–Trinajstić information content (AvgIpc) is 2.82. The Labute approximate surface area is 124 Å². The van der Waals surface area contributed by atoms with Gasteiger partial charge >= 0.3 is 0 Å². The van der Waals surface area contributed by atoms with Crippen molar-refractivity contribution in [1.82, 2.24) is 9.78 Å².